The number of nitrogens with zero attached hydrogens (tertiary/aromatic N) is 1. The zero-order chi connectivity index (χ0) is 11.1. The Hall–Kier alpha value is -1.07. The molecule has 0 amide bonds. The van der Waals surface area contributed by atoms with Crippen molar-refractivity contribution in [2.24, 2.45) is 0 Å². The third-order valence-electron chi connectivity index (χ3n) is 3.20. The number of nitriles is 1. The second-order valence-corrected chi connectivity index (χ2v) is 4.51. The van der Waals surface area contributed by atoms with Gasteiger partial charge >= 0.3 is 0 Å². The van der Waals surface area contributed by atoms with E-state index < -0.39 is 11.2 Å². The molecule has 0 spiro atoms. The average molecular weight is 224 g/mol. The third-order valence-corrected chi connectivity index (χ3v) is 3.49. The molecule has 3 heteroatoms. The van der Waals surface area contributed by atoms with Crippen molar-refractivity contribution < 1.29 is 4.39 Å². The van der Waals surface area contributed by atoms with Crippen LogP contribution < -0.4 is 0 Å². The van der Waals surface area contributed by atoms with Crippen molar-refractivity contribution in [3.63, 3.8) is 0 Å². The lowest BCUT2D eigenvalue weighted by Gasteiger charge is -2.37. The highest BCUT2D eigenvalue weighted by atomic mass is 35.5. The van der Waals surface area contributed by atoms with Crippen molar-refractivity contribution in [3.8, 4) is 6.07 Å². The molecule has 0 N–H and O–H groups in total. The number of rotatable bonds is 1. The number of hydrogen-bond donors (Lipinski definition) is 0. The molecule has 1 fully saturated rings. The minimum atomic E-state index is -0.626. The first-order chi connectivity index (χ1) is 7.10. The lowest BCUT2D eigenvalue weighted by molar-refractivity contribution is 0.312. The van der Waals surface area contributed by atoms with Crippen molar-refractivity contribution in [2.45, 2.75) is 31.6 Å². The van der Waals surface area contributed by atoms with Gasteiger partial charge in [0.2, 0.25) is 0 Å². The molecule has 0 radical (unpaired) electrons. The van der Waals surface area contributed by atoms with Crippen LogP contribution in [0.2, 0.25) is 5.02 Å². The molecule has 1 aliphatic carbocycles. The van der Waals surface area contributed by atoms with Gasteiger partial charge in [0, 0.05) is 5.56 Å². The third kappa shape index (κ3) is 1.42. The van der Waals surface area contributed by atoms with Crippen molar-refractivity contribution in [1.29, 1.82) is 5.26 Å². The fraction of sp³-hybridized carbons (Fsp3) is 0.417. The van der Waals surface area contributed by atoms with E-state index in [-0.39, 0.29) is 5.02 Å². The van der Waals surface area contributed by atoms with E-state index >= 15 is 0 Å². The van der Waals surface area contributed by atoms with Crippen LogP contribution in [0.5, 0.6) is 0 Å². The van der Waals surface area contributed by atoms with Gasteiger partial charge in [0.05, 0.1) is 16.5 Å². The number of benzene rings is 1. The lowest BCUT2D eigenvalue weighted by Crippen LogP contribution is -2.34. The van der Waals surface area contributed by atoms with Gasteiger partial charge in [-0.2, -0.15) is 5.26 Å². The van der Waals surface area contributed by atoms with Crippen molar-refractivity contribution in [1.82, 2.24) is 0 Å². The maximum absolute atomic E-state index is 13.9. The highest BCUT2D eigenvalue weighted by Gasteiger charge is 2.42. The van der Waals surface area contributed by atoms with Crippen LogP contribution in [-0.4, -0.2) is 0 Å². The van der Waals surface area contributed by atoms with Crippen molar-refractivity contribution in [3.05, 3.63) is 34.1 Å². The molecule has 78 valence electrons. The van der Waals surface area contributed by atoms with Gasteiger partial charge in [-0.25, -0.2) is 4.39 Å². The second kappa shape index (κ2) is 3.50. The molecule has 15 heavy (non-hydrogen) atoms. The van der Waals surface area contributed by atoms with Gasteiger partial charge < -0.3 is 0 Å². The largest absolute Gasteiger partial charge is 0.205 e. The van der Waals surface area contributed by atoms with Gasteiger partial charge in [0.1, 0.15) is 5.82 Å². The predicted molar refractivity (Wildman–Crippen MR) is 57.3 cm³/mol. The highest BCUT2D eigenvalue weighted by Crippen LogP contribution is 2.46. The van der Waals surface area contributed by atoms with Crippen LogP contribution in [0.15, 0.2) is 12.1 Å². The van der Waals surface area contributed by atoms with Gasteiger partial charge in [0.15, 0.2) is 0 Å². The molecule has 0 saturated heterocycles. The van der Waals surface area contributed by atoms with Gasteiger partial charge in [-0.05, 0) is 37.8 Å². The van der Waals surface area contributed by atoms with Crippen molar-refractivity contribution in [2.75, 3.05) is 0 Å². The van der Waals surface area contributed by atoms with E-state index in [0.717, 1.165) is 24.8 Å². The molecular formula is C12H11ClFN. The molecule has 1 saturated carbocycles. The summed E-state index contributed by atoms with van der Waals surface area (Å²) in [5, 5.41) is 9.28. The van der Waals surface area contributed by atoms with Crippen LogP contribution in [-0.2, 0) is 5.41 Å². The summed E-state index contributed by atoms with van der Waals surface area (Å²) in [5.41, 5.74) is 0.695. The Morgan fingerprint density at radius 2 is 2.13 bits per heavy atom. The van der Waals surface area contributed by atoms with E-state index in [2.05, 4.69) is 6.07 Å². The lowest BCUT2D eigenvalue weighted by atomic mass is 9.64. The van der Waals surface area contributed by atoms with Crippen LogP contribution in [0.4, 0.5) is 4.39 Å². The summed E-state index contributed by atoms with van der Waals surface area (Å²) in [6.45, 7) is 1.83. The minimum Gasteiger partial charge on any atom is -0.205 e. The number of halogens is 2. The summed E-state index contributed by atoms with van der Waals surface area (Å²) in [4.78, 5) is 0. The molecular weight excluding hydrogens is 213 g/mol. The van der Waals surface area contributed by atoms with Crippen LogP contribution in [0.1, 0.15) is 30.4 Å². The van der Waals surface area contributed by atoms with E-state index in [1.54, 1.807) is 12.1 Å². The summed E-state index contributed by atoms with van der Waals surface area (Å²) in [5.74, 6) is -0.419. The zero-order valence-electron chi connectivity index (χ0n) is 8.48. The molecule has 2 rings (SSSR count). The standard InChI is InChI=1S/C12H11ClFN/c1-8-3-4-9(13)11(14)10(8)12(7-15)5-2-6-12/h3-4H,2,5-6H2,1H3. The Bertz CT molecular complexity index is 444. The smallest absolute Gasteiger partial charge is 0.146 e. The number of hydrogen-bond acceptors (Lipinski definition) is 1. The summed E-state index contributed by atoms with van der Waals surface area (Å²) in [6.07, 6.45) is 2.46. The predicted octanol–water partition coefficient (Wildman–Crippen LogP) is 3.73. The van der Waals surface area contributed by atoms with Crippen molar-refractivity contribution >= 4 is 11.6 Å². The van der Waals surface area contributed by atoms with Crippen LogP contribution in [0.25, 0.3) is 0 Å². The molecule has 0 aliphatic heterocycles. The van der Waals surface area contributed by atoms with E-state index in [0.29, 0.717) is 5.56 Å². The minimum absolute atomic E-state index is 0.108. The Balaban J connectivity index is 2.62. The molecule has 0 heterocycles. The van der Waals surface area contributed by atoms with Crippen LogP contribution in [0.3, 0.4) is 0 Å². The van der Waals surface area contributed by atoms with E-state index in [1.807, 2.05) is 6.92 Å². The average Bonchev–Trinajstić information content (AvgIpc) is 2.16. The quantitative estimate of drug-likeness (QED) is 0.712. The first-order valence-electron chi connectivity index (χ1n) is 4.97. The van der Waals surface area contributed by atoms with E-state index in [9.17, 15) is 4.39 Å². The Kier molecular flexibility index (Phi) is 2.44. The summed E-state index contributed by atoms with van der Waals surface area (Å²) >= 11 is 5.75. The Morgan fingerprint density at radius 1 is 1.47 bits per heavy atom. The fourth-order valence-electron chi connectivity index (χ4n) is 2.18. The molecule has 1 aliphatic rings. The van der Waals surface area contributed by atoms with E-state index in [1.165, 1.54) is 0 Å². The molecule has 1 aromatic carbocycles. The Morgan fingerprint density at radius 3 is 2.60 bits per heavy atom. The normalized spacial score (nSPS) is 18.0. The first-order valence-corrected chi connectivity index (χ1v) is 5.35. The van der Waals surface area contributed by atoms with Crippen LogP contribution in [0, 0.1) is 24.1 Å². The monoisotopic (exact) mass is 223 g/mol. The first kappa shape index (κ1) is 10.4. The van der Waals surface area contributed by atoms with Gasteiger partial charge in [-0.15, -0.1) is 0 Å². The topological polar surface area (TPSA) is 23.8 Å². The van der Waals surface area contributed by atoms with Crippen LogP contribution >= 0.6 is 11.6 Å². The molecule has 0 aromatic heterocycles. The number of aryl methyl sites for hydroxylation is 1. The Labute approximate surface area is 93.5 Å². The van der Waals surface area contributed by atoms with E-state index in [4.69, 9.17) is 16.9 Å². The molecule has 0 unspecified atom stereocenters. The maximum atomic E-state index is 13.9. The molecule has 0 bridgehead atoms. The molecule has 0 atom stereocenters. The SMILES string of the molecule is Cc1ccc(Cl)c(F)c1C1(C#N)CCC1. The summed E-state index contributed by atoms with van der Waals surface area (Å²) in [7, 11) is 0. The highest BCUT2D eigenvalue weighted by molar-refractivity contribution is 6.30. The zero-order valence-corrected chi connectivity index (χ0v) is 9.24. The summed E-state index contributed by atoms with van der Waals surface area (Å²) < 4.78 is 13.9. The van der Waals surface area contributed by atoms with Gasteiger partial charge in [-0.1, -0.05) is 17.7 Å². The van der Waals surface area contributed by atoms with Gasteiger partial charge in [-0.3, -0.25) is 0 Å². The molecule has 1 aromatic rings. The molecule has 1 nitrogen and oxygen atoms in total. The fourth-order valence-corrected chi connectivity index (χ4v) is 2.34. The van der Waals surface area contributed by atoms with Gasteiger partial charge in [0.25, 0.3) is 0 Å². The summed E-state index contributed by atoms with van der Waals surface area (Å²) in [6, 6.07) is 5.56. The maximum Gasteiger partial charge on any atom is 0.146 e. The second-order valence-electron chi connectivity index (χ2n) is 4.10.